The molecule has 154 valence electrons. The van der Waals surface area contributed by atoms with Gasteiger partial charge in [-0.05, 0) is 90.7 Å². The molecule has 29 heavy (non-hydrogen) atoms. The third-order valence-electron chi connectivity index (χ3n) is 7.54. The normalized spacial score (nSPS) is 35.1. The first-order chi connectivity index (χ1) is 13.8. The number of nitrogens with one attached hydrogen (secondary N) is 1. The van der Waals surface area contributed by atoms with Crippen molar-refractivity contribution in [3.05, 3.63) is 64.7 Å². The Labute approximate surface area is 180 Å². The van der Waals surface area contributed by atoms with Gasteiger partial charge in [-0.1, -0.05) is 49.7 Å². The quantitative estimate of drug-likeness (QED) is 0.569. The van der Waals surface area contributed by atoms with E-state index in [0.717, 1.165) is 28.8 Å². The van der Waals surface area contributed by atoms with E-state index >= 15 is 0 Å². The summed E-state index contributed by atoms with van der Waals surface area (Å²) in [6.45, 7) is 6.60. The van der Waals surface area contributed by atoms with Crippen molar-refractivity contribution in [1.29, 1.82) is 0 Å². The van der Waals surface area contributed by atoms with Gasteiger partial charge in [0.15, 0.2) is 0 Å². The summed E-state index contributed by atoms with van der Waals surface area (Å²) in [4.78, 5) is 0. The first kappa shape index (κ1) is 19.5. The third kappa shape index (κ3) is 4.07. The van der Waals surface area contributed by atoms with E-state index in [0.29, 0.717) is 23.0 Å². The van der Waals surface area contributed by atoms with Crippen molar-refractivity contribution in [2.45, 2.75) is 71.1 Å². The van der Waals surface area contributed by atoms with Gasteiger partial charge < -0.3 is 10.1 Å². The fourth-order valence-electron chi connectivity index (χ4n) is 7.39. The maximum atomic E-state index is 5.94. The Kier molecular flexibility index (Phi) is 4.71. The van der Waals surface area contributed by atoms with Gasteiger partial charge in [0.1, 0.15) is 12.4 Å². The number of benzene rings is 2. The van der Waals surface area contributed by atoms with E-state index in [1.54, 1.807) is 0 Å². The van der Waals surface area contributed by atoms with Crippen molar-refractivity contribution in [2.24, 2.45) is 16.7 Å². The van der Waals surface area contributed by atoms with Crippen LogP contribution in [0.4, 0.5) is 0 Å². The van der Waals surface area contributed by atoms with Gasteiger partial charge in [-0.3, -0.25) is 0 Å². The van der Waals surface area contributed by atoms with Crippen LogP contribution in [0.3, 0.4) is 0 Å². The summed E-state index contributed by atoms with van der Waals surface area (Å²) in [5.41, 5.74) is 3.94. The molecule has 6 rings (SSSR count). The minimum atomic E-state index is 0.354. The molecule has 0 radical (unpaired) electrons. The lowest BCUT2D eigenvalue weighted by atomic mass is 9.43. The average molecular weight is 410 g/mol. The standard InChI is InChI=1S/C26H32ClNO/c1-24-11-21-12-25(2,16-24)18-26(13-21,17-24)28-14-19-5-9-23(10-6-19)29-15-20-3-7-22(27)8-4-20/h3-10,21,28H,11-18H2,1-2H3. The van der Waals surface area contributed by atoms with Gasteiger partial charge in [0.2, 0.25) is 0 Å². The molecular formula is C26H32ClNO. The maximum Gasteiger partial charge on any atom is 0.119 e. The molecule has 2 unspecified atom stereocenters. The predicted molar refractivity (Wildman–Crippen MR) is 119 cm³/mol. The van der Waals surface area contributed by atoms with E-state index in [2.05, 4.69) is 43.4 Å². The van der Waals surface area contributed by atoms with Crippen LogP contribution in [0.2, 0.25) is 5.02 Å². The van der Waals surface area contributed by atoms with Crippen molar-refractivity contribution < 1.29 is 4.74 Å². The number of halogens is 1. The number of hydrogen-bond donors (Lipinski definition) is 1. The van der Waals surface area contributed by atoms with Gasteiger partial charge in [-0.15, -0.1) is 0 Å². The van der Waals surface area contributed by atoms with Gasteiger partial charge in [0.05, 0.1) is 0 Å². The van der Waals surface area contributed by atoms with Crippen LogP contribution in [0.1, 0.15) is 63.5 Å². The largest absolute Gasteiger partial charge is 0.489 e. The number of ether oxygens (including phenoxy) is 1. The van der Waals surface area contributed by atoms with Crippen molar-refractivity contribution in [1.82, 2.24) is 5.32 Å². The topological polar surface area (TPSA) is 21.3 Å². The Balaban J connectivity index is 1.19. The van der Waals surface area contributed by atoms with E-state index < -0.39 is 0 Å². The fraction of sp³-hybridized carbons (Fsp3) is 0.538. The second-order valence-corrected chi connectivity index (χ2v) is 11.3. The molecule has 0 saturated heterocycles. The number of rotatable bonds is 6. The molecule has 2 aromatic rings. The minimum Gasteiger partial charge on any atom is -0.489 e. The molecule has 1 N–H and O–H groups in total. The summed E-state index contributed by atoms with van der Waals surface area (Å²) in [5, 5.41) is 4.78. The van der Waals surface area contributed by atoms with Crippen molar-refractivity contribution >= 4 is 11.6 Å². The maximum absolute atomic E-state index is 5.94. The molecule has 4 bridgehead atoms. The smallest absolute Gasteiger partial charge is 0.119 e. The highest BCUT2D eigenvalue weighted by Gasteiger charge is 2.59. The first-order valence-corrected chi connectivity index (χ1v) is 11.4. The molecule has 0 spiro atoms. The highest BCUT2D eigenvalue weighted by atomic mass is 35.5. The molecule has 0 aromatic heterocycles. The van der Waals surface area contributed by atoms with Crippen molar-refractivity contribution in [2.75, 3.05) is 0 Å². The highest BCUT2D eigenvalue weighted by molar-refractivity contribution is 6.30. The molecular weight excluding hydrogens is 378 g/mol. The summed E-state index contributed by atoms with van der Waals surface area (Å²) in [7, 11) is 0. The zero-order valence-electron chi connectivity index (χ0n) is 17.6. The zero-order valence-corrected chi connectivity index (χ0v) is 18.4. The van der Waals surface area contributed by atoms with Crippen LogP contribution in [-0.4, -0.2) is 5.54 Å². The zero-order chi connectivity index (χ0) is 20.1. The molecule has 3 heteroatoms. The second kappa shape index (κ2) is 7.03. The first-order valence-electron chi connectivity index (χ1n) is 11.0. The van der Waals surface area contributed by atoms with E-state index in [1.807, 2.05) is 24.3 Å². The molecule has 0 aliphatic heterocycles. The lowest BCUT2D eigenvalue weighted by molar-refractivity contribution is -0.118. The summed E-state index contributed by atoms with van der Waals surface area (Å²) >= 11 is 5.94. The van der Waals surface area contributed by atoms with Crippen LogP contribution in [0.25, 0.3) is 0 Å². The van der Waals surface area contributed by atoms with Crippen molar-refractivity contribution in [3.8, 4) is 5.75 Å². The van der Waals surface area contributed by atoms with Crippen LogP contribution in [0.15, 0.2) is 48.5 Å². The SMILES string of the molecule is CC12CC3CC(C)(C1)CC(NCc1ccc(OCc4ccc(Cl)cc4)cc1)(C3)C2. The summed E-state index contributed by atoms with van der Waals surface area (Å²) < 4.78 is 5.93. The lowest BCUT2D eigenvalue weighted by Crippen LogP contribution is -2.63. The Bertz CT molecular complexity index is 857. The Morgan fingerprint density at radius 3 is 2.10 bits per heavy atom. The van der Waals surface area contributed by atoms with Gasteiger partial charge >= 0.3 is 0 Å². The molecule has 2 nitrogen and oxygen atoms in total. The van der Waals surface area contributed by atoms with Gasteiger partial charge in [0, 0.05) is 17.1 Å². The Morgan fingerprint density at radius 1 is 0.862 bits per heavy atom. The molecule has 4 aliphatic rings. The lowest BCUT2D eigenvalue weighted by Gasteiger charge is -2.65. The van der Waals surface area contributed by atoms with Gasteiger partial charge in [-0.2, -0.15) is 0 Å². The summed E-state index contributed by atoms with van der Waals surface area (Å²) in [5.74, 6) is 1.84. The predicted octanol–water partition coefficient (Wildman–Crippen LogP) is 6.76. The summed E-state index contributed by atoms with van der Waals surface area (Å²) in [6.07, 6.45) is 8.42. The Morgan fingerprint density at radius 2 is 1.48 bits per heavy atom. The van der Waals surface area contributed by atoms with E-state index in [4.69, 9.17) is 16.3 Å². The van der Waals surface area contributed by atoms with Crippen LogP contribution in [-0.2, 0) is 13.2 Å². The Hall–Kier alpha value is -1.51. The molecule has 0 amide bonds. The van der Waals surface area contributed by atoms with Crippen LogP contribution < -0.4 is 10.1 Å². The third-order valence-corrected chi connectivity index (χ3v) is 7.79. The number of hydrogen-bond acceptors (Lipinski definition) is 2. The van der Waals surface area contributed by atoms with Crippen LogP contribution >= 0.6 is 11.6 Å². The van der Waals surface area contributed by atoms with Crippen LogP contribution in [0, 0.1) is 16.7 Å². The van der Waals surface area contributed by atoms with Gasteiger partial charge in [0.25, 0.3) is 0 Å². The van der Waals surface area contributed by atoms with Gasteiger partial charge in [-0.25, -0.2) is 0 Å². The van der Waals surface area contributed by atoms with E-state index in [9.17, 15) is 0 Å². The monoisotopic (exact) mass is 409 g/mol. The minimum absolute atomic E-state index is 0.354. The van der Waals surface area contributed by atoms with E-state index in [1.165, 1.54) is 44.1 Å². The van der Waals surface area contributed by atoms with E-state index in [-0.39, 0.29) is 0 Å². The highest BCUT2D eigenvalue weighted by Crippen LogP contribution is 2.66. The summed E-state index contributed by atoms with van der Waals surface area (Å²) in [6, 6.07) is 16.4. The average Bonchev–Trinajstić information content (AvgIpc) is 2.64. The molecule has 2 atom stereocenters. The fourth-order valence-corrected chi connectivity index (χ4v) is 7.51. The van der Waals surface area contributed by atoms with Crippen molar-refractivity contribution in [3.63, 3.8) is 0 Å². The van der Waals surface area contributed by atoms with Crippen LogP contribution in [0.5, 0.6) is 5.75 Å². The second-order valence-electron chi connectivity index (χ2n) is 10.8. The molecule has 4 saturated carbocycles. The molecule has 4 fully saturated rings. The molecule has 0 heterocycles. The molecule has 2 aromatic carbocycles. The molecule has 4 aliphatic carbocycles.